The summed E-state index contributed by atoms with van der Waals surface area (Å²) in [5.74, 6) is 2.47. The number of carbonyl (C=O) groups excluding carboxylic acids is 1. The van der Waals surface area contributed by atoms with E-state index in [-0.39, 0.29) is 18.0 Å². The summed E-state index contributed by atoms with van der Waals surface area (Å²) in [7, 11) is 0. The maximum atomic E-state index is 12.4. The van der Waals surface area contributed by atoms with E-state index in [0.29, 0.717) is 13.0 Å². The van der Waals surface area contributed by atoms with Crippen LogP contribution in [0.25, 0.3) is 0 Å². The summed E-state index contributed by atoms with van der Waals surface area (Å²) in [6.45, 7) is 3.82. The number of ether oxygens (including phenoxy) is 2. The highest BCUT2D eigenvalue weighted by Gasteiger charge is 2.51. The van der Waals surface area contributed by atoms with Gasteiger partial charge in [0, 0.05) is 19.6 Å². The summed E-state index contributed by atoms with van der Waals surface area (Å²) in [5.41, 5.74) is 0.223. The SMILES string of the molecule is O=C(CC12CC3CC(CC(C3)C1)C2)OC[C@@H](O)CN1CCOCC1. The quantitative estimate of drug-likeness (QED) is 0.750. The minimum absolute atomic E-state index is 0.0991. The molecule has 5 heteroatoms. The van der Waals surface area contributed by atoms with Crippen molar-refractivity contribution in [2.24, 2.45) is 23.2 Å². The molecule has 1 N–H and O–H groups in total. The van der Waals surface area contributed by atoms with E-state index < -0.39 is 6.10 Å². The van der Waals surface area contributed by atoms with Gasteiger partial charge in [-0.2, -0.15) is 0 Å². The number of morpholine rings is 1. The zero-order valence-electron chi connectivity index (χ0n) is 14.6. The van der Waals surface area contributed by atoms with Gasteiger partial charge in [-0.3, -0.25) is 9.69 Å². The smallest absolute Gasteiger partial charge is 0.306 e. The summed E-state index contributed by atoms with van der Waals surface area (Å²) in [6, 6.07) is 0. The maximum Gasteiger partial charge on any atom is 0.306 e. The van der Waals surface area contributed by atoms with Crippen molar-refractivity contribution >= 4 is 5.97 Å². The van der Waals surface area contributed by atoms with E-state index in [1.165, 1.54) is 38.5 Å². The number of aliphatic hydroxyl groups is 1. The molecule has 136 valence electrons. The Hall–Kier alpha value is -0.650. The molecule has 5 fully saturated rings. The van der Waals surface area contributed by atoms with E-state index in [9.17, 15) is 9.90 Å². The third kappa shape index (κ3) is 3.78. The van der Waals surface area contributed by atoms with Crippen LogP contribution in [0.1, 0.15) is 44.9 Å². The molecule has 4 aliphatic carbocycles. The summed E-state index contributed by atoms with van der Waals surface area (Å²) < 4.78 is 10.7. The molecule has 5 rings (SSSR count). The van der Waals surface area contributed by atoms with E-state index in [1.54, 1.807) is 0 Å². The molecule has 0 unspecified atom stereocenters. The van der Waals surface area contributed by atoms with Gasteiger partial charge in [0.05, 0.1) is 19.6 Å². The van der Waals surface area contributed by atoms with Crippen LogP contribution < -0.4 is 0 Å². The van der Waals surface area contributed by atoms with Crippen LogP contribution in [-0.2, 0) is 14.3 Å². The molecule has 0 aromatic heterocycles. The lowest BCUT2D eigenvalue weighted by Gasteiger charge is -2.56. The van der Waals surface area contributed by atoms with Crippen molar-refractivity contribution in [3.05, 3.63) is 0 Å². The lowest BCUT2D eigenvalue weighted by atomic mass is 9.49. The third-order valence-electron chi connectivity index (χ3n) is 6.69. The molecule has 5 aliphatic rings. The normalized spacial score (nSPS) is 39.8. The van der Waals surface area contributed by atoms with E-state index in [1.807, 2.05) is 0 Å². The van der Waals surface area contributed by atoms with E-state index in [0.717, 1.165) is 44.1 Å². The summed E-state index contributed by atoms with van der Waals surface area (Å²) >= 11 is 0. The third-order valence-corrected chi connectivity index (χ3v) is 6.69. The average Bonchev–Trinajstić information content (AvgIpc) is 2.52. The Bertz CT molecular complexity index is 425. The Labute approximate surface area is 144 Å². The van der Waals surface area contributed by atoms with Gasteiger partial charge in [0.1, 0.15) is 12.7 Å². The summed E-state index contributed by atoms with van der Waals surface area (Å²) in [6.07, 6.45) is 7.84. The first-order chi connectivity index (χ1) is 11.6. The summed E-state index contributed by atoms with van der Waals surface area (Å²) in [4.78, 5) is 14.5. The van der Waals surface area contributed by atoms with Crippen LogP contribution in [0.2, 0.25) is 0 Å². The predicted molar refractivity (Wildman–Crippen MR) is 89.4 cm³/mol. The van der Waals surface area contributed by atoms with Crippen LogP contribution in [0.3, 0.4) is 0 Å². The number of hydrogen-bond acceptors (Lipinski definition) is 5. The average molecular weight is 337 g/mol. The molecule has 5 nitrogen and oxygen atoms in total. The van der Waals surface area contributed by atoms with Gasteiger partial charge in [0.15, 0.2) is 0 Å². The molecule has 1 aliphatic heterocycles. The minimum Gasteiger partial charge on any atom is -0.463 e. The summed E-state index contributed by atoms with van der Waals surface area (Å²) in [5, 5.41) is 10.1. The van der Waals surface area contributed by atoms with Crippen LogP contribution in [-0.4, -0.2) is 61.5 Å². The first-order valence-corrected chi connectivity index (χ1v) is 9.74. The molecule has 4 bridgehead atoms. The Balaban J connectivity index is 1.22. The van der Waals surface area contributed by atoms with Gasteiger partial charge in [-0.1, -0.05) is 0 Å². The van der Waals surface area contributed by atoms with Crippen LogP contribution in [0.4, 0.5) is 0 Å². The van der Waals surface area contributed by atoms with Crippen molar-refractivity contribution in [3.8, 4) is 0 Å². The van der Waals surface area contributed by atoms with Crippen LogP contribution in [0.5, 0.6) is 0 Å². The highest BCUT2D eigenvalue weighted by Crippen LogP contribution is 2.61. The fourth-order valence-electron chi connectivity index (χ4n) is 6.19. The number of nitrogens with zero attached hydrogens (tertiary/aromatic N) is 1. The molecule has 1 heterocycles. The molecule has 0 aromatic rings. The second-order valence-corrected chi connectivity index (χ2v) is 8.84. The number of aliphatic hydroxyl groups excluding tert-OH is 1. The molecule has 1 atom stereocenters. The van der Waals surface area contributed by atoms with Gasteiger partial charge in [0.25, 0.3) is 0 Å². The second-order valence-electron chi connectivity index (χ2n) is 8.84. The topological polar surface area (TPSA) is 59.0 Å². The number of rotatable bonds is 6. The molecular formula is C19H31NO4. The first-order valence-electron chi connectivity index (χ1n) is 9.74. The molecule has 24 heavy (non-hydrogen) atoms. The Morgan fingerprint density at radius 1 is 1.12 bits per heavy atom. The molecule has 1 saturated heterocycles. The van der Waals surface area contributed by atoms with Crippen LogP contribution >= 0.6 is 0 Å². The van der Waals surface area contributed by atoms with Gasteiger partial charge < -0.3 is 14.6 Å². The number of carbonyl (C=O) groups is 1. The molecule has 0 radical (unpaired) electrons. The molecule has 0 spiro atoms. The van der Waals surface area contributed by atoms with E-state index in [2.05, 4.69) is 4.90 Å². The van der Waals surface area contributed by atoms with E-state index >= 15 is 0 Å². The van der Waals surface area contributed by atoms with Gasteiger partial charge in [-0.25, -0.2) is 0 Å². The largest absolute Gasteiger partial charge is 0.463 e. The van der Waals surface area contributed by atoms with Crippen molar-refractivity contribution < 1.29 is 19.4 Å². The Kier molecular flexibility index (Phi) is 4.85. The highest BCUT2D eigenvalue weighted by atomic mass is 16.5. The molecule has 0 aromatic carbocycles. The van der Waals surface area contributed by atoms with Gasteiger partial charge >= 0.3 is 5.97 Å². The van der Waals surface area contributed by atoms with Crippen molar-refractivity contribution in [3.63, 3.8) is 0 Å². The second kappa shape index (κ2) is 6.93. The first kappa shape index (κ1) is 16.8. The fraction of sp³-hybridized carbons (Fsp3) is 0.947. The van der Waals surface area contributed by atoms with E-state index in [4.69, 9.17) is 9.47 Å². The molecule has 0 amide bonds. The predicted octanol–water partition coefficient (Wildman–Crippen LogP) is 1.83. The molecular weight excluding hydrogens is 306 g/mol. The van der Waals surface area contributed by atoms with Crippen LogP contribution in [0, 0.1) is 23.2 Å². The lowest BCUT2D eigenvalue weighted by Crippen LogP contribution is -2.47. The van der Waals surface area contributed by atoms with Crippen molar-refractivity contribution in [2.45, 2.75) is 51.0 Å². The van der Waals surface area contributed by atoms with Gasteiger partial charge in [-0.05, 0) is 61.7 Å². The zero-order chi connectivity index (χ0) is 16.6. The number of hydrogen-bond donors (Lipinski definition) is 1. The van der Waals surface area contributed by atoms with Crippen molar-refractivity contribution in [1.29, 1.82) is 0 Å². The highest BCUT2D eigenvalue weighted by molar-refractivity contribution is 5.70. The standard InChI is InChI=1S/C19H31NO4/c21-17(12-20-1-3-23-4-2-20)13-24-18(22)11-19-8-14-5-15(9-19)7-16(6-14)10-19/h14-17,21H,1-13H2/t14?,15?,16?,17-,19?/m0/s1. The number of esters is 1. The minimum atomic E-state index is -0.594. The lowest BCUT2D eigenvalue weighted by molar-refractivity contribution is -0.155. The van der Waals surface area contributed by atoms with Gasteiger partial charge in [0.2, 0.25) is 0 Å². The Morgan fingerprint density at radius 2 is 1.71 bits per heavy atom. The van der Waals surface area contributed by atoms with Crippen molar-refractivity contribution in [2.75, 3.05) is 39.5 Å². The zero-order valence-corrected chi connectivity index (χ0v) is 14.6. The number of β-amino-alcohol motifs (C(OH)–C–C–N with tert-alkyl or cyclic N) is 1. The van der Waals surface area contributed by atoms with Gasteiger partial charge in [-0.15, -0.1) is 0 Å². The molecule has 4 saturated carbocycles. The Morgan fingerprint density at radius 3 is 2.29 bits per heavy atom. The monoisotopic (exact) mass is 337 g/mol. The maximum absolute atomic E-state index is 12.4. The van der Waals surface area contributed by atoms with Crippen molar-refractivity contribution in [1.82, 2.24) is 4.90 Å². The van der Waals surface area contributed by atoms with Crippen LogP contribution in [0.15, 0.2) is 0 Å². The fourth-order valence-corrected chi connectivity index (χ4v) is 6.19.